The zero-order chi connectivity index (χ0) is 62.5. The molecule has 0 bridgehead atoms. The number of esters is 4. The molecule has 84 heavy (non-hydrogen) atoms. The van der Waals surface area contributed by atoms with Crippen molar-refractivity contribution in [2.75, 3.05) is 39.6 Å². The van der Waals surface area contributed by atoms with Gasteiger partial charge in [-0.05, 0) is 49.4 Å². The summed E-state index contributed by atoms with van der Waals surface area (Å²) >= 11 is 0. The van der Waals surface area contributed by atoms with Gasteiger partial charge in [0.1, 0.15) is 19.3 Å². The number of hydrogen-bond donors (Lipinski definition) is 3. The van der Waals surface area contributed by atoms with E-state index in [4.69, 9.17) is 37.0 Å². The molecule has 3 N–H and O–H groups in total. The number of unbranched alkanes of at least 4 members (excludes halogenated alkanes) is 26. The highest BCUT2D eigenvalue weighted by molar-refractivity contribution is 7.47. The predicted molar refractivity (Wildman–Crippen MR) is 335 cm³/mol. The first kappa shape index (κ1) is 82.1. The van der Waals surface area contributed by atoms with E-state index in [1.54, 1.807) is 0 Å². The van der Waals surface area contributed by atoms with Gasteiger partial charge in [0.2, 0.25) is 0 Å². The Morgan fingerprint density at radius 3 is 0.845 bits per heavy atom. The van der Waals surface area contributed by atoms with Gasteiger partial charge in [0.25, 0.3) is 0 Å². The van der Waals surface area contributed by atoms with E-state index >= 15 is 0 Å². The second kappa shape index (κ2) is 55.2. The topological polar surface area (TPSA) is 237 Å². The van der Waals surface area contributed by atoms with Crippen molar-refractivity contribution in [2.45, 2.75) is 331 Å². The van der Waals surface area contributed by atoms with Gasteiger partial charge in [-0.2, -0.15) is 0 Å². The molecule has 0 radical (unpaired) electrons. The first-order chi connectivity index (χ1) is 40.2. The van der Waals surface area contributed by atoms with Crippen LogP contribution in [0.2, 0.25) is 0 Å². The molecule has 0 aliphatic carbocycles. The average Bonchev–Trinajstić information content (AvgIpc) is 3.50. The highest BCUT2D eigenvalue weighted by atomic mass is 31.2. The van der Waals surface area contributed by atoms with Crippen molar-refractivity contribution in [3.8, 4) is 0 Å². The molecule has 0 aliphatic heterocycles. The Morgan fingerprint density at radius 1 is 0.333 bits per heavy atom. The first-order valence-corrected chi connectivity index (χ1v) is 36.8. The van der Waals surface area contributed by atoms with Crippen molar-refractivity contribution >= 4 is 39.5 Å². The molecular weight excluding hydrogens is 1110 g/mol. The predicted octanol–water partition coefficient (Wildman–Crippen LogP) is 17.8. The average molecular weight is 1240 g/mol. The number of aliphatic hydroxyl groups is 1. The fourth-order valence-corrected chi connectivity index (χ4v) is 11.1. The van der Waals surface area contributed by atoms with Crippen molar-refractivity contribution in [1.82, 2.24) is 0 Å². The molecule has 0 aromatic carbocycles. The summed E-state index contributed by atoms with van der Waals surface area (Å²) in [5.41, 5.74) is 0. The smallest absolute Gasteiger partial charge is 0.462 e. The van der Waals surface area contributed by atoms with Crippen molar-refractivity contribution < 1.29 is 80.2 Å². The standard InChI is InChI=1S/C65H126O17P2/c1-9-57(7)43-35-27-18-13-11-12-14-20-31-39-47-64(69)81-60(52-76-63(68)46-38-30-24-22-28-36-44-58(8)10-2)53-79-83(71,72)77-49-59(66)50-78-84(73,74)80-54-61(82-65(70)48-40-32-23-21-26-34-42-56(5)6)51-75-62(67)45-37-29-19-16-15-17-25-33-41-55(3)4/h55-61,66H,9-54H2,1-8H3,(H,71,72)(H,73,74)/t57?,58?,59-,60+,61+/m0/s1. The third-order valence-electron chi connectivity index (χ3n) is 15.5. The monoisotopic (exact) mass is 1240 g/mol. The van der Waals surface area contributed by atoms with Gasteiger partial charge < -0.3 is 33.8 Å². The highest BCUT2D eigenvalue weighted by Crippen LogP contribution is 2.45. The molecule has 0 spiro atoms. The number of carbonyl (C=O) groups is 4. The quantitative estimate of drug-likeness (QED) is 0.0222. The zero-order valence-corrected chi connectivity index (χ0v) is 56.3. The van der Waals surface area contributed by atoms with Crippen LogP contribution in [0.25, 0.3) is 0 Å². The van der Waals surface area contributed by atoms with Crippen LogP contribution in [0.3, 0.4) is 0 Å². The molecule has 0 saturated carbocycles. The molecule has 0 aromatic heterocycles. The minimum Gasteiger partial charge on any atom is -0.462 e. The Labute approximate surface area is 511 Å². The van der Waals surface area contributed by atoms with E-state index < -0.39 is 97.5 Å². The summed E-state index contributed by atoms with van der Waals surface area (Å²) in [5.74, 6) is 0.788. The lowest BCUT2D eigenvalue weighted by Gasteiger charge is -2.21. The number of phosphoric acid groups is 2. The maximum atomic E-state index is 13.0. The Kier molecular flexibility index (Phi) is 53.9. The Balaban J connectivity index is 5.25. The third-order valence-corrected chi connectivity index (χ3v) is 17.4. The van der Waals surface area contributed by atoms with Gasteiger partial charge in [-0.1, -0.05) is 261 Å². The second-order valence-corrected chi connectivity index (χ2v) is 27.8. The lowest BCUT2D eigenvalue weighted by atomic mass is 9.99. The second-order valence-electron chi connectivity index (χ2n) is 24.9. The van der Waals surface area contributed by atoms with E-state index in [0.29, 0.717) is 31.6 Å². The summed E-state index contributed by atoms with van der Waals surface area (Å²) in [6.45, 7) is 14.0. The van der Waals surface area contributed by atoms with Crippen LogP contribution >= 0.6 is 15.6 Å². The molecule has 17 nitrogen and oxygen atoms in total. The van der Waals surface area contributed by atoms with Gasteiger partial charge in [0.05, 0.1) is 26.4 Å². The molecule has 0 heterocycles. The zero-order valence-electron chi connectivity index (χ0n) is 54.5. The largest absolute Gasteiger partial charge is 0.472 e. The van der Waals surface area contributed by atoms with E-state index in [-0.39, 0.29) is 25.7 Å². The lowest BCUT2D eigenvalue weighted by Crippen LogP contribution is -2.30. The molecule has 0 rings (SSSR count). The van der Waals surface area contributed by atoms with Crippen molar-refractivity contribution in [3.05, 3.63) is 0 Å². The molecule has 0 saturated heterocycles. The van der Waals surface area contributed by atoms with Gasteiger partial charge in [0, 0.05) is 25.7 Å². The third kappa shape index (κ3) is 56.6. The molecule has 19 heteroatoms. The van der Waals surface area contributed by atoms with E-state index in [9.17, 15) is 43.2 Å². The Hall–Kier alpha value is -1.94. The molecular formula is C65H126O17P2. The number of ether oxygens (including phenoxy) is 4. The molecule has 4 unspecified atom stereocenters. The van der Waals surface area contributed by atoms with Crippen molar-refractivity contribution in [2.24, 2.45) is 23.7 Å². The fourth-order valence-electron chi connectivity index (χ4n) is 9.54. The van der Waals surface area contributed by atoms with Crippen LogP contribution in [0, 0.1) is 23.7 Å². The van der Waals surface area contributed by atoms with E-state index in [2.05, 4.69) is 55.4 Å². The van der Waals surface area contributed by atoms with Gasteiger partial charge in [-0.3, -0.25) is 37.3 Å². The minimum atomic E-state index is -4.95. The molecule has 498 valence electrons. The van der Waals surface area contributed by atoms with Gasteiger partial charge >= 0.3 is 39.5 Å². The number of hydrogen-bond acceptors (Lipinski definition) is 15. The van der Waals surface area contributed by atoms with E-state index in [1.165, 1.54) is 109 Å². The number of carbonyl (C=O) groups excluding carboxylic acids is 4. The normalized spacial score (nSPS) is 15.1. The van der Waals surface area contributed by atoms with Crippen LogP contribution in [-0.4, -0.2) is 96.7 Å². The minimum absolute atomic E-state index is 0.101. The summed E-state index contributed by atoms with van der Waals surface area (Å²) in [6.07, 6.45) is 35.0. The first-order valence-electron chi connectivity index (χ1n) is 33.8. The molecule has 0 aliphatic rings. The number of aliphatic hydroxyl groups excluding tert-OH is 1. The highest BCUT2D eigenvalue weighted by Gasteiger charge is 2.30. The summed E-state index contributed by atoms with van der Waals surface area (Å²) < 4.78 is 68.0. The maximum Gasteiger partial charge on any atom is 0.472 e. The van der Waals surface area contributed by atoms with Crippen molar-refractivity contribution in [3.63, 3.8) is 0 Å². The van der Waals surface area contributed by atoms with Crippen LogP contribution in [0.4, 0.5) is 0 Å². The maximum absolute atomic E-state index is 13.0. The molecule has 0 fully saturated rings. The Morgan fingerprint density at radius 2 is 0.571 bits per heavy atom. The van der Waals surface area contributed by atoms with Crippen LogP contribution in [-0.2, 0) is 65.4 Å². The van der Waals surface area contributed by atoms with Gasteiger partial charge in [0.15, 0.2) is 12.2 Å². The summed E-state index contributed by atoms with van der Waals surface area (Å²) in [7, 11) is -9.89. The van der Waals surface area contributed by atoms with Crippen LogP contribution < -0.4 is 0 Å². The summed E-state index contributed by atoms with van der Waals surface area (Å²) in [4.78, 5) is 72.2. The van der Waals surface area contributed by atoms with Crippen molar-refractivity contribution in [1.29, 1.82) is 0 Å². The van der Waals surface area contributed by atoms with Gasteiger partial charge in [-0.25, -0.2) is 9.13 Å². The van der Waals surface area contributed by atoms with Gasteiger partial charge in [-0.15, -0.1) is 0 Å². The Bertz CT molecular complexity index is 1680. The molecule has 7 atom stereocenters. The molecule has 0 amide bonds. The fraction of sp³-hybridized carbons (Fsp3) is 0.938. The lowest BCUT2D eigenvalue weighted by molar-refractivity contribution is -0.161. The SMILES string of the molecule is CCC(C)CCCCCCCCCCCCC(=O)O[C@H](COC(=O)CCCCCCCCC(C)CC)COP(=O)(O)OC[C@H](O)COP(=O)(O)OC[C@@H](COC(=O)CCCCCCCCCCC(C)C)OC(=O)CCCCCCCCC(C)C. The van der Waals surface area contributed by atoms with E-state index in [0.717, 1.165) is 114 Å². The summed E-state index contributed by atoms with van der Waals surface area (Å²) in [6, 6.07) is 0. The number of phosphoric ester groups is 2. The summed E-state index contributed by atoms with van der Waals surface area (Å²) in [5, 5.41) is 10.5. The number of rotatable bonds is 62. The molecule has 0 aromatic rings. The van der Waals surface area contributed by atoms with E-state index in [1.807, 2.05) is 0 Å². The van der Waals surface area contributed by atoms with Crippen LogP contribution in [0.15, 0.2) is 0 Å². The van der Waals surface area contributed by atoms with Crippen LogP contribution in [0.1, 0.15) is 312 Å². The van der Waals surface area contributed by atoms with Crippen LogP contribution in [0.5, 0.6) is 0 Å².